The summed E-state index contributed by atoms with van der Waals surface area (Å²) in [6, 6.07) is 18.6. The number of thiazole rings is 2. The zero-order chi connectivity index (χ0) is 77.7. The molecule has 6 aliphatic rings. The summed E-state index contributed by atoms with van der Waals surface area (Å²) in [5.41, 5.74) is 3.29. The minimum absolute atomic E-state index is 0.211. The van der Waals surface area contributed by atoms with E-state index in [-0.39, 0.29) is 18.1 Å². The number of amides is 4. The first kappa shape index (κ1) is 102. The van der Waals surface area contributed by atoms with Crippen LogP contribution in [0.3, 0.4) is 0 Å². The van der Waals surface area contributed by atoms with Gasteiger partial charge in [-0.1, -0.05) is 317 Å². The van der Waals surface area contributed by atoms with Crippen LogP contribution >= 0.6 is 22.7 Å². The second-order valence-electron chi connectivity index (χ2n) is 21.6. The van der Waals surface area contributed by atoms with Crippen molar-refractivity contribution in [3.8, 4) is 44.3 Å². The summed E-state index contributed by atoms with van der Waals surface area (Å²) >= 11 is 3.41. The first-order valence-electron chi connectivity index (χ1n) is 41.1. The molecule has 4 aliphatic carbocycles. The zero-order valence-electron chi connectivity index (χ0n) is 69.9. The highest BCUT2D eigenvalue weighted by Gasteiger charge is 2.26. The fraction of sp³-hybridized carbons (Fsp3) is 0.659. The van der Waals surface area contributed by atoms with Crippen molar-refractivity contribution in [2.75, 3.05) is 60.7 Å². The van der Waals surface area contributed by atoms with Crippen LogP contribution in [0.5, 0.6) is 23.4 Å². The molecule has 584 valence electrons. The number of hydrogen-bond donors (Lipinski definition) is 4. The van der Waals surface area contributed by atoms with Gasteiger partial charge < -0.3 is 40.5 Å². The third-order valence-electron chi connectivity index (χ3n) is 16.2. The van der Waals surface area contributed by atoms with Gasteiger partial charge in [0.1, 0.15) is 11.5 Å². The Morgan fingerprint density at radius 3 is 0.912 bits per heavy atom. The third-order valence-corrected chi connectivity index (χ3v) is 18.4. The average molecular weight is 1460 g/mol. The maximum absolute atomic E-state index is 11.3. The van der Waals surface area contributed by atoms with Crippen LogP contribution in [0.25, 0.3) is 20.9 Å². The van der Waals surface area contributed by atoms with E-state index in [4.69, 9.17) is 9.47 Å². The Hall–Kier alpha value is -6.33. The molecule has 2 saturated heterocycles. The smallest absolute Gasteiger partial charge is 0.322 e. The molecule has 15 nitrogen and oxygen atoms in total. The summed E-state index contributed by atoms with van der Waals surface area (Å²) in [7, 11) is 3.09. The molecule has 0 radical (unpaired) electrons. The summed E-state index contributed by atoms with van der Waals surface area (Å²) in [5, 5.41) is 12.3. The van der Waals surface area contributed by atoms with E-state index in [0.717, 1.165) is 81.0 Å². The molecule has 2 aliphatic heterocycles. The number of nitrogens with zero attached hydrogens (tertiary/aromatic N) is 7. The molecule has 4 saturated carbocycles. The molecule has 4 N–H and O–H groups in total. The first-order chi connectivity index (χ1) is 50.3. The Morgan fingerprint density at radius 1 is 0.343 bits per heavy atom. The van der Waals surface area contributed by atoms with Crippen molar-refractivity contribution in [1.29, 1.82) is 0 Å². The van der Waals surface area contributed by atoms with Gasteiger partial charge in [-0.25, -0.2) is 34.5 Å². The van der Waals surface area contributed by atoms with E-state index >= 15 is 0 Å². The van der Waals surface area contributed by atoms with Gasteiger partial charge in [-0.3, -0.25) is 0 Å². The van der Waals surface area contributed by atoms with Gasteiger partial charge in [0.05, 0.1) is 39.7 Å². The SMILES string of the molecule is C1CCC(C2CCCCC2)CC1.C1CCC(C2CCCCC2)CC1.CC.CC.CC.CC.CC.CC.CC.CC.CC.CC.CC.CC.CNC(=O)Nc1ccc(Oc2ccc(-c3cnc(N4CCC4)s3)cc2)nc1.CNC(=O)Nc1cnc(Oc2ccc(-c3cnc(N4CCC4)s3)cc2)nc1. The van der Waals surface area contributed by atoms with E-state index in [1.165, 1.54) is 109 Å². The number of benzene rings is 2. The van der Waals surface area contributed by atoms with Gasteiger partial charge in [0.25, 0.3) is 0 Å². The van der Waals surface area contributed by atoms with E-state index in [9.17, 15) is 9.59 Å². The third kappa shape index (κ3) is 41.2. The highest BCUT2D eigenvalue weighted by molar-refractivity contribution is 7.19. The van der Waals surface area contributed by atoms with Crippen LogP contribution in [0.1, 0.15) is 307 Å². The highest BCUT2D eigenvalue weighted by Crippen LogP contribution is 2.40. The molecular weight excluding hydrogens is 1300 g/mol. The van der Waals surface area contributed by atoms with Crippen LogP contribution in [0.4, 0.5) is 31.2 Å². The lowest BCUT2D eigenvalue weighted by atomic mass is 9.73. The molecule has 6 heterocycles. The van der Waals surface area contributed by atoms with Gasteiger partial charge >= 0.3 is 18.1 Å². The normalized spacial score (nSPS) is 14.4. The molecule has 0 atom stereocenters. The van der Waals surface area contributed by atoms with Crippen LogP contribution in [0, 0.1) is 23.7 Å². The number of ether oxygens (including phenoxy) is 2. The van der Waals surface area contributed by atoms with Crippen LogP contribution < -0.4 is 40.5 Å². The molecule has 4 amide bonds. The molecule has 0 spiro atoms. The predicted octanol–water partition coefficient (Wildman–Crippen LogP) is 27.9. The Labute approximate surface area is 635 Å². The molecule has 17 heteroatoms. The van der Waals surface area contributed by atoms with Crippen LogP contribution in [0.15, 0.2) is 91.6 Å². The monoisotopic (exact) mass is 1460 g/mol. The van der Waals surface area contributed by atoms with Crippen molar-refractivity contribution in [3.63, 3.8) is 0 Å². The van der Waals surface area contributed by atoms with Crippen molar-refractivity contribution in [2.24, 2.45) is 23.7 Å². The minimum Gasteiger partial charge on any atom is -0.439 e. The number of hydrogen-bond acceptors (Lipinski definition) is 13. The van der Waals surface area contributed by atoms with Crippen molar-refractivity contribution in [2.45, 2.75) is 307 Å². The number of urea groups is 2. The van der Waals surface area contributed by atoms with Crippen molar-refractivity contribution >= 4 is 56.4 Å². The van der Waals surface area contributed by atoms with E-state index < -0.39 is 0 Å². The van der Waals surface area contributed by atoms with Gasteiger partial charge in [-0.05, 0) is 102 Å². The lowest BCUT2D eigenvalue weighted by molar-refractivity contribution is 0.196. The Morgan fingerprint density at radius 2 is 0.637 bits per heavy atom. The van der Waals surface area contributed by atoms with Gasteiger partial charge in [-0.15, -0.1) is 0 Å². The fourth-order valence-electron chi connectivity index (χ4n) is 11.5. The highest BCUT2D eigenvalue weighted by atomic mass is 32.1. The summed E-state index contributed by atoms with van der Waals surface area (Å²) < 4.78 is 11.4. The van der Waals surface area contributed by atoms with Crippen LogP contribution in [-0.4, -0.2) is 77.3 Å². The van der Waals surface area contributed by atoms with Gasteiger partial charge in [0.2, 0.25) is 5.88 Å². The number of anilines is 4. The number of carbonyl (C=O) groups is 2. The molecule has 0 unspecified atom stereocenters. The summed E-state index contributed by atoms with van der Waals surface area (Å²) in [5.74, 6) is 6.35. The van der Waals surface area contributed by atoms with Crippen molar-refractivity contribution in [3.05, 3.63) is 91.6 Å². The molecule has 102 heavy (non-hydrogen) atoms. The predicted molar refractivity (Wildman–Crippen MR) is 454 cm³/mol. The summed E-state index contributed by atoms with van der Waals surface area (Å²) in [4.78, 5) is 50.8. The molecule has 6 fully saturated rings. The van der Waals surface area contributed by atoms with E-state index in [1.807, 2.05) is 227 Å². The number of rotatable bonds is 12. The maximum Gasteiger partial charge on any atom is 0.322 e. The zero-order valence-corrected chi connectivity index (χ0v) is 71.6. The molecule has 6 aromatic rings. The van der Waals surface area contributed by atoms with Crippen LogP contribution in [0.2, 0.25) is 0 Å². The molecule has 12 rings (SSSR count). The average Bonchev–Trinajstić information content (AvgIpc) is 1.73. The lowest BCUT2D eigenvalue weighted by Crippen LogP contribution is -2.36. The Kier molecular flexibility index (Phi) is 71.7. The summed E-state index contributed by atoms with van der Waals surface area (Å²) in [6.45, 7) is 52.4. The topological polar surface area (TPSA) is 172 Å². The van der Waals surface area contributed by atoms with Crippen LogP contribution in [-0.2, 0) is 0 Å². The number of aromatic nitrogens is 5. The first-order valence-corrected chi connectivity index (χ1v) is 42.7. The quantitative estimate of drug-likeness (QED) is 0.0919. The number of carbonyl (C=O) groups excluding carboxylic acids is 2. The molecule has 2 aromatic carbocycles. The van der Waals surface area contributed by atoms with E-state index in [2.05, 4.69) is 56.0 Å². The second-order valence-corrected chi connectivity index (χ2v) is 23.6. The lowest BCUT2D eigenvalue weighted by Gasteiger charge is -2.32. The fourth-order valence-corrected chi connectivity index (χ4v) is 13.4. The maximum atomic E-state index is 11.3. The minimum atomic E-state index is -0.330. The second kappa shape index (κ2) is 71.7. The van der Waals surface area contributed by atoms with Crippen molar-refractivity contribution in [1.82, 2.24) is 35.6 Å². The van der Waals surface area contributed by atoms with Gasteiger partial charge in [0, 0.05) is 58.7 Å². The Balaban J connectivity index is -0.000000592. The largest absolute Gasteiger partial charge is 0.439 e. The standard InChI is InChI=1S/C19H19N5O2S.C18H18N6O2S.2C12H22.12C2H6/c1-20-18(25)23-14-5-8-17(21-11-14)26-15-6-3-13(4-7-15)16-12-22-19(27-16)24-9-2-10-24;1-19-16(25)23-13-9-20-17(21-10-13)26-14-5-3-12(4-6-14)15-11-22-18(27-15)24-7-2-8-24;2*1-3-7-11(8-4-1)12-9-5-2-6-10-12;12*1-2/h3-8,11-12H,2,9-10H2,1H3,(H2,20,23,25);3-6,9-11H,2,7-8H2,1H3,(H2,19,23,25);2*11-12H,1-10H2;12*1-2H3. The number of nitrogens with one attached hydrogen (secondary N) is 4. The van der Waals surface area contributed by atoms with Gasteiger partial charge in [-0.2, -0.15) is 0 Å². The Bertz CT molecular complexity index is 2490. The van der Waals surface area contributed by atoms with E-state index in [0.29, 0.717) is 28.8 Å². The molecular formula is C85H153N11O4S2. The molecule has 0 bridgehead atoms. The summed E-state index contributed by atoms with van der Waals surface area (Å²) in [6.07, 6.45) is 41.6. The van der Waals surface area contributed by atoms with Crippen molar-refractivity contribution < 1.29 is 19.1 Å². The van der Waals surface area contributed by atoms with E-state index in [1.54, 1.807) is 99.4 Å². The molecule has 4 aromatic heterocycles. The number of pyridine rings is 1. The van der Waals surface area contributed by atoms with Gasteiger partial charge in [0.15, 0.2) is 10.3 Å².